The first-order valence-electron chi connectivity index (χ1n) is 7.62. The quantitative estimate of drug-likeness (QED) is 0.522. The number of hydrogen-bond acceptors (Lipinski definition) is 4. The van der Waals surface area contributed by atoms with Gasteiger partial charge in [0.15, 0.2) is 0 Å². The van der Waals surface area contributed by atoms with Crippen LogP contribution in [0.5, 0.6) is 0 Å². The number of nitrogens with one attached hydrogen (secondary N) is 1. The van der Waals surface area contributed by atoms with Gasteiger partial charge < -0.3 is 19.7 Å². The zero-order chi connectivity index (χ0) is 15.2. The fraction of sp³-hybridized carbons (Fsp3) is 0.933. The fourth-order valence-corrected chi connectivity index (χ4v) is 1.71. The Morgan fingerprint density at radius 3 is 2.25 bits per heavy atom. The Bertz CT molecular complexity index is 235. The summed E-state index contributed by atoms with van der Waals surface area (Å²) in [6.45, 7) is 8.59. The van der Waals surface area contributed by atoms with Crippen molar-refractivity contribution < 1.29 is 14.3 Å². The van der Waals surface area contributed by atoms with Crippen molar-refractivity contribution in [3.63, 3.8) is 0 Å². The normalized spacial score (nSPS) is 11.1. The van der Waals surface area contributed by atoms with Crippen LogP contribution in [0, 0.1) is 5.92 Å². The lowest BCUT2D eigenvalue weighted by molar-refractivity contribution is -0.130. The summed E-state index contributed by atoms with van der Waals surface area (Å²) in [4.78, 5) is 13.5. The summed E-state index contributed by atoms with van der Waals surface area (Å²) in [5, 5.41) is 3.07. The number of hydrogen-bond donors (Lipinski definition) is 1. The minimum Gasteiger partial charge on any atom is -0.379 e. The van der Waals surface area contributed by atoms with E-state index in [1.807, 2.05) is 14.1 Å². The molecule has 1 amide bonds. The second kappa shape index (κ2) is 13.3. The first-order chi connectivity index (χ1) is 9.57. The lowest BCUT2D eigenvalue weighted by Gasteiger charge is -2.18. The van der Waals surface area contributed by atoms with Crippen molar-refractivity contribution in [3.8, 4) is 0 Å². The van der Waals surface area contributed by atoms with E-state index in [4.69, 9.17) is 9.47 Å². The summed E-state index contributed by atoms with van der Waals surface area (Å²) >= 11 is 0. The minimum atomic E-state index is 0.216. The number of rotatable bonds is 13. The van der Waals surface area contributed by atoms with E-state index in [0.29, 0.717) is 32.2 Å². The minimum absolute atomic E-state index is 0.216. The van der Waals surface area contributed by atoms with Gasteiger partial charge in [-0.3, -0.25) is 4.79 Å². The summed E-state index contributed by atoms with van der Waals surface area (Å²) < 4.78 is 10.9. The predicted molar refractivity (Wildman–Crippen MR) is 81.9 cm³/mol. The first-order valence-corrected chi connectivity index (χ1v) is 7.62. The third-order valence-corrected chi connectivity index (χ3v) is 2.88. The van der Waals surface area contributed by atoms with Gasteiger partial charge in [-0.1, -0.05) is 13.8 Å². The van der Waals surface area contributed by atoms with Crippen molar-refractivity contribution in [1.29, 1.82) is 0 Å². The van der Waals surface area contributed by atoms with Crippen LogP contribution in [0.4, 0.5) is 0 Å². The van der Waals surface area contributed by atoms with Gasteiger partial charge in [-0.25, -0.2) is 0 Å². The van der Waals surface area contributed by atoms with Gasteiger partial charge in [0.1, 0.15) is 0 Å². The Morgan fingerprint density at radius 2 is 1.70 bits per heavy atom. The molecule has 0 aromatic carbocycles. The highest BCUT2D eigenvalue weighted by Crippen LogP contribution is 2.03. The molecule has 5 nitrogen and oxygen atoms in total. The number of amides is 1. The van der Waals surface area contributed by atoms with Crippen molar-refractivity contribution >= 4 is 5.91 Å². The van der Waals surface area contributed by atoms with E-state index in [1.165, 1.54) is 0 Å². The van der Waals surface area contributed by atoms with Crippen LogP contribution < -0.4 is 5.32 Å². The molecule has 0 radical (unpaired) electrons. The van der Waals surface area contributed by atoms with E-state index < -0.39 is 0 Å². The van der Waals surface area contributed by atoms with E-state index in [9.17, 15) is 4.79 Å². The largest absolute Gasteiger partial charge is 0.379 e. The molecule has 0 aliphatic heterocycles. The Kier molecular flexibility index (Phi) is 12.9. The molecule has 0 aromatic rings. The van der Waals surface area contributed by atoms with Crippen LogP contribution in [0.25, 0.3) is 0 Å². The number of carbonyl (C=O) groups excluding carboxylic acids is 1. The Labute approximate surface area is 124 Å². The summed E-state index contributed by atoms with van der Waals surface area (Å²) in [6.07, 6.45) is 2.52. The lowest BCUT2D eigenvalue weighted by Crippen LogP contribution is -2.29. The smallest absolute Gasteiger partial charge is 0.222 e. The molecular formula is C15H32N2O3. The van der Waals surface area contributed by atoms with Gasteiger partial charge in [-0.05, 0) is 32.4 Å². The molecule has 0 aromatic heterocycles. The number of carbonyl (C=O) groups is 1. The van der Waals surface area contributed by atoms with Crippen molar-refractivity contribution in [1.82, 2.24) is 10.2 Å². The molecule has 0 saturated carbocycles. The van der Waals surface area contributed by atoms with Gasteiger partial charge in [0, 0.05) is 33.2 Å². The molecule has 0 fully saturated rings. The van der Waals surface area contributed by atoms with Crippen LogP contribution in [0.1, 0.15) is 33.1 Å². The van der Waals surface area contributed by atoms with Gasteiger partial charge in [0.05, 0.1) is 13.2 Å². The molecule has 0 atom stereocenters. The maximum atomic E-state index is 11.7. The van der Waals surface area contributed by atoms with Crippen LogP contribution in [0.3, 0.4) is 0 Å². The number of nitrogens with zero attached hydrogens (tertiary/aromatic N) is 1. The van der Waals surface area contributed by atoms with E-state index in [0.717, 1.165) is 32.5 Å². The molecule has 0 unspecified atom stereocenters. The lowest BCUT2D eigenvalue weighted by atomic mass is 10.1. The standard InChI is InChI=1S/C15H32N2O3/c1-14(2)13-15(18)17(4)8-6-10-20-12-11-19-9-5-7-16-3/h14,16H,5-13H2,1-4H3. The average Bonchev–Trinajstić information content (AvgIpc) is 2.39. The zero-order valence-corrected chi connectivity index (χ0v) is 13.6. The van der Waals surface area contributed by atoms with Gasteiger partial charge in [0.25, 0.3) is 0 Å². The second-order valence-corrected chi connectivity index (χ2v) is 5.45. The topological polar surface area (TPSA) is 50.8 Å². The van der Waals surface area contributed by atoms with Crippen LogP contribution in [-0.2, 0) is 14.3 Å². The molecule has 0 aliphatic carbocycles. The molecule has 5 heteroatoms. The molecule has 0 heterocycles. The maximum Gasteiger partial charge on any atom is 0.222 e. The molecule has 0 bridgehead atoms. The summed E-state index contributed by atoms with van der Waals surface area (Å²) in [5.74, 6) is 0.633. The van der Waals surface area contributed by atoms with Gasteiger partial charge >= 0.3 is 0 Å². The van der Waals surface area contributed by atoms with E-state index in [2.05, 4.69) is 19.2 Å². The van der Waals surface area contributed by atoms with E-state index in [-0.39, 0.29) is 5.91 Å². The van der Waals surface area contributed by atoms with Crippen molar-refractivity contribution in [2.24, 2.45) is 5.92 Å². The van der Waals surface area contributed by atoms with Crippen LogP contribution in [0.2, 0.25) is 0 Å². The Morgan fingerprint density at radius 1 is 1.10 bits per heavy atom. The molecule has 0 spiro atoms. The summed E-state index contributed by atoms with van der Waals surface area (Å²) in [5.41, 5.74) is 0. The molecule has 0 saturated heterocycles. The maximum absolute atomic E-state index is 11.7. The molecule has 0 rings (SSSR count). The van der Waals surface area contributed by atoms with Gasteiger partial charge in [0.2, 0.25) is 5.91 Å². The zero-order valence-electron chi connectivity index (χ0n) is 13.6. The van der Waals surface area contributed by atoms with Crippen LogP contribution in [-0.4, -0.2) is 64.4 Å². The second-order valence-electron chi connectivity index (χ2n) is 5.45. The van der Waals surface area contributed by atoms with Crippen LogP contribution in [0.15, 0.2) is 0 Å². The average molecular weight is 288 g/mol. The van der Waals surface area contributed by atoms with E-state index in [1.54, 1.807) is 4.90 Å². The summed E-state index contributed by atoms with van der Waals surface area (Å²) in [6, 6.07) is 0. The molecule has 0 aliphatic rings. The monoisotopic (exact) mass is 288 g/mol. The van der Waals surface area contributed by atoms with Gasteiger partial charge in [-0.15, -0.1) is 0 Å². The Hall–Kier alpha value is -0.650. The van der Waals surface area contributed by atoms with Gasteiger partial charge in [-0.2, -0.15) is 0 Å². The van der Waals surface area contributed by atoms with Crippen molar-refractivity contribution in [3.05, 3.63) is 0 Å². The summed E-state index contributed by atoms with van der Waals surface area (Å²) in [7, 11) is 3.79. The third-order valence-electron chi connectivity index (χ3n) is 2.88. The highest BCUT2D eigenvalue weighted by molar-refractivity contribution is 5.75. The molecular weight excluding hydrogens is 256 g/mol. The van der Waals surface area contributed by atoms with Crippen molar-refractivity contribution in [2.75, 3.05) is 53.6 Å². The predicted octanol–water partition coefficient (Wildman–Crippen LogP) is 1.52. The number of ether oxygens (including phenoxy) is 2. The highest BCUT2D eigenvalue weighted by Gasteiger charge is 2.09. The van der Waals surface area contributed by atoms with Crippen molar-refractivity contribution in [2.45, 2.75) is 33.1 Å². The van der Waals surface area contributed by atoms with Crippen LogP contribution >= 0.6 is 0 Å². The first kappa shape index (κ1) is 19.4. The van der Waals surface area contributed by atoms with E-state index >= 15 is 0 Å². The third kappa shape index (κ3) is 12.4. The fourth-order valence-electron chi connectivity index (χ4n) is 1.71. The SMILES string of the molecule is CNCCCOCCOCCCN(C)C(=O)CC(C)C. The highest BCUT2D eigenvalue weighted by atomic mass is 16.5. The molecule has 1 N–H and O–H groups in total. The Balaban J connectivity index is 3.29. The molecule has 120 valence electrons. The molecule has 20 heavy (non-hydrogen) atoms.